The molecule has 0 fully saturated rings. The maximum absolute atomic E-state index is 9.15. The molecule has 4 nitrogen and oxygen atoms in total. The second kappa shape index (κ2) is 7.34. The minimum absolute atomic E-state index is 0.425. The molecule has 2 aromatic rings. The summed E-state index contributed by atoms with van der Waals surface area (Å²) in [7, 11) is 0. The van der Waals surface area contributed by atoms with Crippen molar-refractivity contribution in [2.75, 3.05) is 5.73 Å². The molecule has 0 spiro atoms. The molecule has 1 heterocycles. The van der Waals surface area contributed by atoms with Gasteiger partial charge in [-0.1, -0.05) is 45.9 Å². The van der Waals surface area contributed by atoms with Crippen LogP contribution in [0.25, 0.3) is 11.3 Å². The molecular weight excluding hydrogens is 248 g/mol. The Hall–Kier alpha value is -2.28. The Labute approximate surface area is 120 Å². The van der Waals surface area contributed by atoms with Crippen molar-refractivity contribution < 1.29 is 0 Å². The van der Waals surface area contributed by atoms with Crippen molar-refractivity contribution in [3.05, 3.63) is 36.3 Å². The van der Waals surface area contributed by atoms with Crippen molar-refractivity contribution in [2.24, 2.45) is 5.92 Å². The van der Waals surface area contributed by atoms with E-state index in [0.29, 0.717) is 17.3 Å². The number of anilines is 1. The van der Waals surface area contributed by atoms with Crippen LogP contribution in [-0.4, -0.2) is 9.55 Å². The molecule has 0 radical (unpaired) electrons. The van der Waals surface area contributed by atoms with Crippen LogP contribution in [0.1, 0.15) is 33.4 Å². The van der Waals surface area contributed by atoms with Gasteiger partial charge in [0.05, 0.1) is 12.0 Å². The van der Waals surface area contributed by atoms with Crippen molar-refractivity contribution in [1.29, 1.82) is 5.26 Å². The van der Waals surface area contributed by atoms with E-state index < -0.39 is 0 Å². The molecular formula is C16H22N4. The molecule has 0 amide bonds. The predicted molar refractivity (Wildman–Crippen MR) is 83.0 cm³/mol. The predicted octanol–water partition coefficient (Wildman–Crippen LogP) is 3.69. The van der Waals surface area contributed by atoms with Crippen molar-refractivity contribution in [1.82, 2.24) is 9.55 Å². The van der Waals surface area contributed by atoms with E-state index >= 15 is 0 Å². The number of rotatable bonds is 3. The minimum Gasteiger partial charge on any atom is -0.398 e. The monoisotopic (exact) mass is 270 g/mol. The van der Waals surface area contributed by atoms with Crippen LogP contribution in [0.4, 0.5) is 5.69 Å². The highest BCUT2D eigenvalue weighted by Crippen LogP contribution is 2.28. The molecule has 0 aliphatic rings. The summed E-state index contributed by atoms with van der Waals surface area (Å²) in [5, 5.41) is 9.15. The van der Waals surface area contributed by atoms with Crippen LogP contribution in [0.15, 0.2) is 30.6 Å². The molecule has 0 saturated carbocycles. The van der Waals surface area contributed by atoms with Crippen LogP contribution in [-0.2, 0) is 6.54 Å². The lowest BCUT2D eigenvalue weighted by molar-refractivity contribution is 0.526. The number of nitrogen functional groups attached to an aromatic ring is 1. The number of aromatic nitrogens is 2. The summed E-state index contributed by atoms with van der Waals surface area (Å²) in [5.74, 6) is 0.481. The molecule has 2 N–H and O–H groups in total. The van der Waals surface area contributed by atoms with Crippen molar-refractivity contribution in [3.63, 3.8) is 0 Å². The Balaban J connectivity index is 0.000000956. The fraction of sp³-hybridized carbons (Fsp3) is 0.375. The van der Waals surface area contributed by atoms with Crippen LogP contribution in [0, 0.1) is 17.2 Å². The summed E-state index contributed by atoms with van der Waals surface area (Å²) in [5.41, 5.74) is 8.75. The van der Waals surface area contributed by atoms with E-state index in [0.717, 1.165) is 17.8 Å². The van der Waals surface area contributed by atoms with Gasteiger partial charge in [0.1, 0.15) is 6.07 Å². The van der Waals surface area contributed by atoms with Gasteiger partial charge >= 0.3 is 0 Å². The lowest BCUT2D eigenvalue weighted by Crippen LogP contribution is -2.06. The molecule has 0 aliphatic heterocycles. The largest absolute Gasteiger partial charge is 0.398 e. The zero-order chi connectivity index (χ0) is 15.1. The van der Waals surface area contributed by atoms with E-state index in [4.69, 9.17) is 11.0 Å². The number of benzene rings is 1. The second-order valence-corrected chi connectivity index (χ2v) is 4.69. The van der Waals surface area contributed by atoms with Gasteiger partial charge in [-0.05, 0) is 12.0 Å². The van der Waals surface area contributed by atoms with Gasteiger partial charge in [0.2, 0.25) is 0 Å². The second-order valence-electron chi connectivity index (χ2n) is 4.69. The van der Waals surface area contributed by atoms with Gasteiger partial charge < -0.3 is 10.3 Å². The first-order valence-corrected chi connectivity index (χ1v) is 6.93. The molecule has 4 heteroatoms. The van der Waals surface area contributed by atoms with Gasteiger partial charge in [0, 0.05) is 17.8 Å². The quantitative estimate of drug-likeness (QED) is 0.865. The van der Waals surface area contributed by atoms with E-state index in [-0.39, 0.29) is 0 Å². The van der Waals surface area contributed by atoms with Gasteiger partial charge in [-0.15, -0.1) is 0 Å². The summed E-state index contributed by atoms with van der Waals surface area (Å²) < 4.78 is 1.99. The highest BCUT2D eigenvalue weighted by Gasteiger charge is 2.15. The van der Waals surface area contributed by atoms with Crippen molar-refractivity contribution in [3.8, 4) is 17.3 Å². The Bertz CT molecular complexity index is 591. The van der Waals surface area contributed by atoms with Crippen LogP contribution in [0.3, 0.4) is 0 Å². The van der Waals surface area contributed by atoms with E-state index in [1.165, 1.54) is 0 Å². The molecule has 1 aromatic heterocycles. The molecule has 20 heavy (non-hydrogen) atoms. The molecule has 0 bridgehead atoms. The summed E-state index contributed by atoms with van der Waals surface area (Å²) in [6.45, 7) is 9.08. The Morgan fingerprint density at radius 1 is 1.30 bits per heavy atom. The zero-order valence-corrected chi connectivity index (χ0v) is 12.6. The highest BCUT2D eigenvalue weighted by atomic mass is 15.1. The Kier molecular flexibility index (Phi) is 5.79. The number of hydrogen-bond acceptors (Lipinski definition) is 3. The van der Waals surface area contributed by atoms with Crippen molar-refractivity contribution >= 4 is 5.69 Å². The maximum Gasteiger partial charge on any atom is 0.166 e. The third-order valence-corrected chi connectivity index (χ3v) is 2.72. The number of nitrogens with two attached hydrogens (primary N) is 1. The number of hydrogen-bond donors (Lipinski definition) is 1. The Morgan fingerprint density at radius 3 is 2.50 bits per heavy atom. The highest BCUT2D eigenvalue weighted by molar-refractivity contribution is 5.77. The van der Waals surface area contributed by atoms with E-state index in [2.05, 4.69) is 24.9 Å². The fourth-order valence-electron chi connectivity index (χ4n) is 1.99. The molecule has 2 rings (SSSR count). The summed E-state index contributed by atoms with van der Waals surface area (Å²) in [4.78, 5) is 4.15. The Morgan fingerprint density at radius 2 is 1.95 bits per heavy atom. The van der Waals surface area contributed by atoms with Crippen LogP contribution in [0.2, 0.25) is 0 Å². The third-order valence-electron chi connectivity index (χ3n) is 2.72. The standard InChI is InChI=1S/C14H16N4.C2H6/c1-10(2)8-18-9-17-13(7-15)14(18)11-5-3-4-6-12(11)16;1-2/h3-6,9-10H,8,16H2,1-2H3;1-2H3. The van der Waals surface area contributed by atoms with E-state index in [1.807, 2.05) is 42.7 Å². The van der Waals surface area contributed by atoms with Crippen LogP contribution in [0.5, 0.6) is 0 Å². The average molecular weight is 270 g/mol. The molecule has 0 aliphatic carbocycles. The summed E-state index contributed by atoms with van der Waals surface area (Å²) in [6, 6.07) is 9.68. The van der Waals surface area contributed by atoms with Gasteiger partial charge in [-0.25, -0.2) is 4.98 Å². The van der Waals surface area contributed by atoms with Crippen molar-refractivity contribution in [2.45, 2.75) is 34.2 Å². The van der Waals surface area contributed by atoms with E-state index in [1.54, 1.807) is 6.33 Å². The SMILES string of the molecule is CC.CC(C)Cn1cnc(C#N)c1-c1ccccc1N. The third kappa shape index (κ3) is 3.39. The molecule has 0 atom stereocenters. The van der Waals surface area contributed by atoms with Gasteiger partial charge in [0.25, 0.3) is 0 Å². The number of nitriles is 1. The lowest BCUT2D eigenvalue weighted by Gasteiger charge is -2.12. The lowest BCUT2D eigenvalue weighted by atomic mass is 10.1. The molecule has 0 saturated heterocycles. The number of imidazole rings is 1. The first-order chi connectivity index (χ1) is 9.63. The van der Waals surface area contributed by atoms with Gasteiger partial charge in [0.15, 0.2) is 5.69 Å². The molecule has 106 valence electrons. The smallest absolute Gasteiger partial charge is 0.166 e. The molecule has 0 unspecified atom stereocenters. The summed E-state index contributed by atoms with van der Waals surface area (Å²) in [6.07, 6.45) is 1.71. The maximum atomic E-state index is 9.15. The van der Waals surface area contributed by atoms with Crippen LogP contribution >= 0.6 is 0 Å². The van der Waals surface area contributed by atoms with Gasteiger partial charge in [-0.2, -0.15) is 5.26 Å². The first kappa shape index (κ1) is 15.8. The van der Waals surface area contributed by atoms with Crippen LogP contribution < -0.4 is 5.73 Å². The topological polar surface area (TPSA) is 67.6 Å². The normalized spacial score (nSPS) is 9.80. The summed E-state index contributed by atoms with van der Waals surface area (Å²) >= 11 is 0. The fourth-order valence-corrected chi connectivity index (χ4v) is 1.99. The van der Waals surface area contributed by atoms with E-state index in [9.17, 15) is 0 Å². The first-order valence-electron chi connectivity index (χ1n) is 6.93. The zero-order valence-electron chi connectivity index (χ0n) is 12.6. The van der Waals surface area contributed by atoms with Gasteiger partial charge in [-0.3, -0.25) is 0 Å². The minimum atomic E-state index is 0.425. The number of nitrogens with zero attached hydrogens (tertiary/aromatic N) is 3. The molecule has 1 aromatic carbocycles. The average Bonchev–Trinajstić information content (AvgIpc) is 2.83. The number of para-hydroxylation sites is 1.